The van der Waals surface area contributed by atoms with Crippen molar-refractivity contribution < 1.29 is 4.39 Å². The van der Waals surface area contributed by atoms with Gasteiger partial charge in [-0.3, -0.25) is 4.39 Å². The van der Waals surface area contributed by atoms with Crippen LogP contribution in [0.3, 0.4) is 0 Å². The highest BCUT2D eigenvalue weighted by Gasteiger charge is 1.92. The summed E-state index contributed by atoms with van der Waals surface area (Å²) in [5.41, 5.74) is 0. The summed E-state index contributed by atoms with van der Waals surface area (Å²) >= 11 is 3.25. The average Bonchev–Trinajstić information content (AvgIpc) is 2.05. The fraction of sp³-hybridized carbons (Fsp3) is 0.375. The third-order valence-corrected chi connectivity index (χ3v) is 1.77. The molecular weight excluding hydrogens is 223 g/mol. The maximum atomic E-state index is 11.7. The van der Waals surface area contributed by atoms with E-state index < -0.39 is 0 Å². The molecule has 0 amide bonds. The first kappa shape index (κ1) is 9.45. The van der Waals surface area contributed by atoms with Gasteiger partial charge in [0.05, 0.1) is 6.67 Å². The molecule has 1 aromatic rings. The number of rotatable bonds is 4. The van der Waals surface area contributed by atoms with Crippen LogP contribution in [0.5, 0.6) is 0 Å². The number of nitrogens with zero attached hydrogens (tertiary/aromatic N) is 1. The molecule has 0 bridgehead atoms. The molecule has 0 radical (unpaired) electrons. The van der Waals surface area contributed by atoms with E-state index in [0.29, 0.717) is 13.0 Å². The number of anilines is 1. The van der Waals surface area contributed by atoms with Crippen LogP contribution in [0.1, 0.15) is 6.42 Å². The molecular formula is C8H10BrFN2. The fourth-order valence-electron chi connectivity index (χ4n) is 0.790. The molecule has 0 saturated carbocycles. The van der Waals surface area contributed by atoms with Crippen molar-refractivity contribution in [3.8, 4) is 0 Å². The Labute approximate surface area is 79.3 Å². The van der Waals surface area contributed by atoms with Crippen LogP contribution in [-0.4, -0.2) is 18.2 Å². The van der Waals surface area contributed by atoms with E-state index in [4.69, 9.17) is 0 Å². The van der Waals surface area contributed by atoms with Gasteiger partial charge in [-0.1, -0.05) is 6.07 Å². The Kier molecular flexibility index (Phi) is 4.00. The molecule has 1 N–H and O–H groups in total. The van der Waals surface area contributed by atoms with Crippen molar-refractivity contribution in [2.75, 3.05) is 18.5 Å². The largest absolute Gasteiger partial charge is 0.370 e. The molecule has 0 aromatic carbocycles. The topological polar surface area (TPSA) is 24.9 Å². The van der Waals surface area contributed by atoms with Gasteiger partial charge in [-0.2, -0.15) is 0 Å². The first-order valence-electron chi connectivity index (χ1n) is 3.75. The van der Waals surface area contributed by atoms with Crippen LogP contribution < -0.4 is 5.32 Å². The molecule has 66 valence electrons. The fourth-order valence-corrected chi connectivity index (χ4v) is 1.13. The van der Waals surface area contributed by atoms with Crippen molar-refractivity contribution in [1.29, 1.82) is 0 Å². The van der Waals surface area contributed by atoms with Gasteiger partial charge in [-0.15, -0.1) is 0 Å². The molecule has 0 spiro atoms. The summed E-state index contributed by atoms with van der Waals surface area (Å²) in [4.78, 5) is 4.13. The van der Waals surface area contributed by atoms with Gasteiger partial charge < -0.3 is 5.32 Å². The van der Waals surface area contributed by atoms with Gasteiger partial charge in [0.1, 0.15) is 10.4 Å². The summed E-state index contributed by atoms with van der Waals surface area (Å²) in [5, 5.41) is 3.01. The molecule has 0 atom stereocenters. The second kappa shape index (κ2) is 5.09. The lowest BCUT2D eigenvalue weighted by atomic mass is 10.4. The van der Waals surface area contributed by atoms with Crippen LogP contribution in [0.25, 0.3) is 0 Å². The molecule has 0 saturated heterocycles. The van der Waals surface area contributed by atoms with E-state index in [9.17, 15) is 4.39 Å². The number of nitrogens with one attached hydrogen (secondary N) is 1. The number of alkyl halides is 1. The minimum absolute atomic E-state index is 0.291. The van der Waals surface area contributed by atoms with Crippen molar-refractivity contribution in [1.82, 2.24) is 4.98 Å². The van der Waals surface area contributed by atoms with Gasteiger partial charge in [0.25, 0.3) is 0 Å². The van der Waals surface area contributed by atoms with E-state index in [1.807, 2.05) is 18.2 Å². The highest BCUT2D eigenvalue weighted by molar-refractivity contribution is 9.10. The molecule has 4 heteroatoms. The van der Waals surface area contributed by atoms with Crippen LogP contribution >= 0.6 is 15.9 Å². The standard InChI is InChI=1S/C8H10BrFN2/c9-7-3-1-4-8(12-7)11-6-2-5-10/h1,3-4H,2,5-6H2,(H,11,12). The van der Waals surface area contributed by atoms with Gasteiger partial charge in [-0.05, 0) is 34.5 Å². The molecule has 0 fully saturated rings. The zero-order valence-electron chi connectivity index (χ0n) is 6.56. The van der Waals surface area contributed by atoms with E-state index in [1.54, 1.807) is 0 Å². The Hall–Kier alpha value is -0.640. The van der Waals surface area contributed by atoms with Gasteiger partial charge in [0.2, 0.25) is 0 Å². The van der Waals surface area contributed by atoms with Gasteiger partial charge in [-0.25, -0.2) is 4.98 Å². The molecule has 12 heavy (non-hydrogen) atoms. The van der Waals surface area contributed by atoms with E-state index in [0.717, 1.165) is 10.4 Å². The van der Waals surface area contributed by atoms with Crippen molar-refractivity contribution in [3.05, 3.63) is 22.8 Å². The van der Waals surface area contributed by atoms with Gasteiger partial charge in [0.15, 0.2) is 0 Å². The molecule has 0 aliphatic rings. The lowest BCUT2D eigenvalue weighted by molar-refractivity contribution is 0.481. The van der Waals surface area contributed by atoms with Gasteiger partial charge in [0, 0.05) is 6.54 Å². The third kappa shape index (κ3) is 3.17. The maximum Gasteiger partial charge on any atom is 0.127 e. The number of hydrogen-bond donors (Lipinski definition) is 1. The van der Waals surface area contributed by atoms with Crippen LogP contribution in [0.2, 0.25) is 0 Å². The summed E-state index contributed by atoms with van der Waals surface area (Å²) in [6.45, 7) is 0.334. The van der Waals surface area contributed by atoms with Crippen molar-refractivity contribution in [2.45, 2.75) is 6.42 Å². The van der Waals surface area contributed by atoms with Crippen molar-refractivity contribution in [3.63, 3.8) is 0 Å². The Balaban J connectivity index is 2.41. The second-order valence-electron chi connectivity index (χ2n) is 2.31. The highest BCUT2D eigenvalue weighted by Crippen LogP contribution is 2.09. The Morgan fingerprint density at radius 2 is 2.33 bits per heavy atom. The predicted molar refractivity (Wildman–Crippen MR) is 51.0 cm³/mol. The first-order valence-corrected chi connectivity index (χ1v) is 4.54. The number of halogens is 2. The minimum Gasteiger partial charge on any atom is -0.370 e. The summed E-state index contributed by atoms with van der Waals surface area (Å²) in [6.07, 6.45) is 0.522. The average molecular weight is 233 g/mol. The van der Waals surface area contributed by atoms with Crippen LogP contribution in [0.15, 0.2) is 22.8 Å². The van der Waals surface area contributed by atoms with Crippen LogP contribution in [0, 0.1) is 0 Å². The van der Waals surface area contributed by atoms with E-state index in [2.05, 4.69) is 26.2 Å². The normalized spacial score (nSPS) is 9.83. The van der Waals surface area contributed by atoms with E-state index >= 15 is 0 Å². The molecule has 2 nitrogen and oxygen atoms in total. The summed E-state index contributed by atoms with van der Waals surface area (Å²) in [5.74, 6) is 0.776. The maximum absolute atomic E-state index is 11.7. The molecule has 1 rings (SSSR count). The summed E-state index contributed by atoms with van der Waals surface area (Å²) in [6, 6.07) is 5.58. The Bertz CT molecular complexity index is 242. The zero-order chi connectivity index (χ0) is 8.81. The molecule has 0 aliphatic heterocycles. The second-order valence-corrected chi connectivity index (χ2v) is 3.13. The van der Waals surface area contributed by atoms with Crippen molar-refractivity contribution >= 4 is 21.7 Å². The minimum atomic E-state index is -0.291. The summed E-state index contributed by atoms with van der Waals surface area (Å²) < 4.78 is 12.5. The smallest absolute Gasteiger partial charge is 0.127 e. The third-order valence-electron chi connectivity index (χ3n) is 1.33. The van der Waals surface area contributed by atoms with E-state index in [1.165, 1.54) is 0 Å². The lowest BCUT2D eigenvalue weighted by Gasteiger charge is -2.02. The Morgan fingerprint density at radius 3 is 3.00 bits per heavy atom. The molecule has 1 heterocycles. The summed E-state index contributed by atoms with van der Waals surface area (Å²) in [7, 11) is 0. The molecule has 0 aliphatic carbocycles. The number of aromatic nitrogens is 1. The molecule has 1 aromatic heterocycles. The van der Waals surface area contributed by atoms with E-state index in [-0.39, 0.29) is 6.67 Å². The first-order chi connectivity index (χ1) is 5.83. The van der Waals surface area contributed by atoms with Crippen LogP contribution in [-0.2, 0) is 0 Å². The quantitative estimate of drug-likeness (QED) is 0.638. The molecule has 0 unspecified atom stereocenters. The number of hydrogen-bond acceptors (Lipinski definition) is 2. The highest BCUT2D eigenvalue weighted by atomic mass is 79.9. The zero-order valence-corrected chi connectivity index (χ0v) is 8.14. The van der Waals surface area contributed by atoms with Gasteiger partial charge >= 0.3 is 0 Å². The monoisotopic (exact) mass is 232 g/mol. The predicted octanol–water partition coefficient (Wildman–Crippen LogP) is 2.62. The van der Waals surface area contributed by atoms with Crippen molar-refractivity contribution in [2.24, 2.45) is 0 Å². The van der Waals surface area contributed by atoms with Crippen LogP contribution in [0.4, 0.5) is 10.2 Å². The SMILES string of the molecule is FCCCNc1cccc(Br)n1. The lowest BCUT2D eigenvalue weighted by Crippen LogP contribution is -2.03. The number of pyridine rings is 1. The Morgan fingerprint density at radius 1 is 1.50 bits per heavy atom.